The molecule has 1 aliphatic heterocycles. The number of carbonyl (C=O) groups is 2. The number of methoxy groups -OCH3 is 1. The molecule has 47 heavy (non-hydrogen) atoms. The number of nitrogens with one attached hydrogen (secondary N) is 1. The highest BCUT2D eigenvalue weighted by Gasteiger charge is 2.40. The van der Waals surface area contributed by atoms with E-state index in [4.69, 9.17) is 4.74 Å². The van der Waals surface area contributed by atoms with Crippen LogP contribution in [-0.4, -0.2) is 96.0 Å². The molecule has 3 amide bonds. The van der Waals surface area contributed by atoms with Gasteiger partial charge in [0.15, 0.2) is 0 Å². The van der Waals surface area contributed by atoms with Gasteiger partial charge in [0.2, 0.25) is 15.9 Å². The van der Waals surface area contributed by atoms with Crippen molar-refractivity contribution >= 4 is 33.3 Å². The summed E-state index contributed by atoms with van der Waals surface area (Å²) >= 11 is 1.53. The van der Waals surface area contributed by atoms with Crippen molar-refractivity contribution in [2.45, 2.75) is 70.7 Å². The van der Waals surface area contributed by atoms with E-state index in [-0.39, 0.29) is 42.3 Å². The summed E-state index contributed by atoms with van der Waals surface area (Å²) in [6.45, 7) is 10.6. The lowest BCUT2D eigenvalue weighted by atomic mass is 9.97. The number of nitrogens with zero attached hydrogens (tertiary/aromatic N) is 4. The molecule has 3 atom stereocenters. The molecule has 0 aliphatic carbocycles. The molecular weight excluding hydrogens is 639 g/mol. The zero-order chi connectivity index (χ0) is 34.3. The minimum absolute atomic E-state index is 0.0348. The number of aryl methyl sites for hydroxylation is 1. The second-order valence-corrected chi connectivity index (χ2v) is 15.7. The molecule has 3 aromatic rings. The van der Waals surface area contributed by atoms with Crippen LogP contribution in [0.15, 0.2) is 64.9 Å². The van der Waals surface area contributed by atoms with Crippen LogP contribution in [0.1, 0.15) is 44.0 Å². The van der Waals surface area contributed by atoms with E-state index in [9.17, 15) is 23.1 Å². The molecule has 2 aromatic carbocycles. The van der Waals surface area contributed by atoms with E-state index in [0.29, 0.717) is 25.4 Å². The number of aromatic nitrogens is 1. The Morgan fingerprint density at radius 3 is 2.43 bits per heavy atom. The van der Waals surface area contributed by atoms with Crippen LogP contribution in [-0.2, 0) is 27.8 Å². The Morgan fingerprint density at radius 1 is 1.09 bits per heavy atom. The highest BCUT2D eigenvalue weighted by Crippen LogP contribution is 2.24. The van der Waals surface area contributed by atoms with Crippen molar-refractivity contribution in [2.75, 3.05) is 33.3 Å². The number of thiazole rings is 1. The predicted molar refractivity (Wildman–Crippen MR) is 183 cm³/mol. The van der Waals surface area contributed by atoms with Crippen molar-refractivity contribution < 1.29 is 27.9 Å². The first-order chi connectivity index (χ1) is 22.3. The average molecular weight is 686 g/mol. The monoisotopic (exact) mass is 685 g/mol. The number of rotatable bonds is 16. The van der Waals surface area contributed by atoms with E-state index in [1.54, 1.807) is 21.9 Å². The van der Waals surface area contributed by atoms with E-state index < -0.39 is 34.1 Å². The van der Waals surface area contributed by atoms with Gasteiger partial charge >= 0.3 is 6.03 Å². The smallest absolute Gasteiger partial charge is 0.321 e. The molecule has 2 heterocycles. The normalized spacial score (nSPS) is 15.8. The number of urea groups is 1. The minimum atomic E-state index is -4.02. The van der Waals surface area contributed by atoms with E-state index >= 15 is 0 Å². The van der Waals surface area contributed by atoms with Gasteiger partial charge in [0.25, 0.3) is 0 Å². The summed E-state index contributed by atoms with van der Waals surface area (Å²) in [6.07, 6.45) is -0.999. The van der Waals surface area contributed by atoms with Gasteiger partial charge in [0.05, 0.1) is 41.4 Å². The van der Waals surface area contributed by atoms with Crippen LogP contribution < -0.4 is 10.1 Å². The number of sulfonamides is 1. The van der Waals surface area contributed by atoms with Crippen LogP contribution in [0.25, 0.3) is 0 Å². The number of aliphatic hydroxyl groups is 1. The standard InChI is InChI=1S/C34H47N5O6S2/c1-23(2)19-38(47(43,44)29-14-10-13-28(18-29)45-6)21-31(40)30(17-26-11-8-7-9-12-26)36-33(41)32(24(3)4)39-16-15-37(34(39)42)20-27-22-46-25(5)35-27/h7-14,18,22-24,30-32,40H,15-17,19-21H2,1-6H3,(H,36,41)/t30-,31+,32-/m0/s1. The van der Waals surface area contributed by atoms with Crippen molar-refractivity contribution in [3.05, 3.63) is 76.2 Å². The first kappa shape index (κ1) is 36.3. The first-order valence-corrected chi connectivity index (χ1v) is 18.2. The molecule has 0 unspecified atom stereocenters. The molecule has 1 fully saturated rings. The second kappa shape index (κ2) is 16.1. The van der Waals surface area contributed by atoms with Crippen LogP contribution in [0.5, 0.6) is 5.75 Å². The van der Waals surface area contributed by atoms with E-state index in [2.05, 4.69) is 10.3 Å². The van der Waals surface area contributed by atoms with Gasteiger partial charge in [-0.1, -0.05) is 64.1 Å². The quantitative estimate of drug-likeness (QED) is 0.232. The molecular formula is C34H47N5O6S2. The summed E-state index contributed by atoms with van der Waals surface area (Å²) < 4.78 is 34.3. The third kappa shape index (κ3) is 9.31. The first-order valence-electron chi connectivity index (χ1n) is 15.9. The van der Waals surface area contributed by atoms with Gasteiger partial charge in [0, 0.05) is 37.6 Å². The number of carbonyl (C=O) groups excluding carboxylic acids is 2. The Labute approximate surface area is 282 Å². The van der Waals surface area contributed by atoms with Gasteiger partial charge in [-0.3, -0.25) is 4.79 Å². The molecule has 11 nitrogen and oxygen atoms in total. The number of benzene rings is 2. The third-order valence-electron chi connectivity index (χ3n) is 8.11. The van der Waals surface area contributed by atoms with Crippen LogP contribution in [0.4, 0.5) is 4.79 Å². The fourth-order valence-electron chi connectivity index (χ4n) is 5.83. The van der Waals surface area contributed by atoms with Crippen LogP contribution in [0.2, 0.25) is 0 Å². The van der Waals surface area contributed by atoms with E-state index in [0.717, 1.165) is 16.3 Å². The van der Waals surface area contributed by atoms with E-state index in [1.165, 1.54) is 34.9 Å². The molecule has 0 saturated carbocycles. The zero-order valence-corrected chi connectivity index (χ0v) is 29.6. The maximum atomic E-state index is 14.1. The van der Waals surface area contributed by atoms with Gasteiger partial charge in [-0.25, -0.2) is 18.2 Å². The Kier molecular flexibility index (Phi) is 12.4. The fourth-order valence-corrected chi connectivity index (χ4v) is 8.09. The lowest BCUT2D eigenvalue weighted by Gasteiger charge is -2.34. The molecule has 2 N–H and O–H groups in total. The molecule has 256 valence electrons. The van der Waals surface area contributed by atoms with Gasteiger partial charge < -0.3 is 25.0 Å². The summed E-state index contributed by atoms with van der Waals surface area (Å²) in [4.78, 5) is 35.4. The molecule has 1 aliphatic rings. The van der Waals surface area contributed by atoms with Crippen molar-refractivity contribution in [1.29, 1.82) is 0 Å². The Bertz CT molecular complexity index is 1600. The highest BCUT2D eigenvalue weighted by atomic mass is 32.2. The average Bonchev–Trinajstić information content (AvgIpc) is 3.60. The number of amides is 3. The van der Waals surface area contributed by atoms with Gasteiger partial charge in [0.1, 0.15) is 11.8 Å². The van der Waals surface area contributed by atoms with Crippen molar-refractivity contribution in [3.8, 4) is 5.75 Å². The number of aliphatic hydroxyl groups excluding tert-OH is 1. The Balaban J connectivity index is 1.57. The summed E-state index contributed by atoms with van der Waals surface area (Å²) in [5.74, 6) is -0.249. The van der Waals surface area contributed by atoms with Crippen LogP contribution in [0.3, 0.4) is 0 Å². The Hall–Kier alpha value is -3.52. The zero-order valence-electron chi connectivity index (χ0n) is 28.0. The summed E-state index contributed by atoms with van der Waals surface area (Å²) in [5.41, 5.74) is 1.68. The topological polar surface area (TPSA) is 132 Å². The van der Waals surface area contributed by atoms with E-state index in [1.807, 2.05) is 70.3 Å². The molecule has 13 heteroatoms. The maximum absolute atomic E-state index is 14.1. The number of ether oxygens (including phenoxy) is 1. The van der Waals surface area contributed by atoms with Crippen LogP contribution in [0, 0.1) is 18.8 Å². The third-order valence-corrected chi connectivity index (χ3v) is 10.8. The number of hydrogen-bond acceptors (Lipinski definition) is 8. The predicted octanol–water partition coefficient (Wildman–Crippen LogP) is 4.16. The minimum Gasteiger partial charge on any atom is -0.497 e. The van der Waals surface area contributed by atoms with Crippen molar-refractivity contribution in [3.63, 3.8) is 0 Å². The number of hydrogen-bond donors (Lipinski definition) is 2. The van der Waals surface area contributed by atoms with Crippen molar-refractivity contribution in [1.82, 2.24) is 24.4 Å². The lowest BCUT2D eigenvalue weighted by molar-refractivity contribution is -0.128. The Morgan fingerprint density at radius 2 is 1.81 bits per heavy atom. The largest absolute Gasteiger partial charge is 0.497 e. The molecule has 1 aromatic heterocycles. The fraction of sp³-hybridized carbons (Fsp3) is 0.500. The lowest BCUT2D eigenvalue weighted by Crippen LogP contribution is -2.57. The van der Waals surface area contributed by atoms with Crippen molar-refractivity contribution in [2.24, 2.45) is 11.8 Å². The molecule has 1 saturated heterocycles. The maximum Gasteiger partial charge on any atom is 0.321 e. The summed E-state index contributed by atoms with van der Waals surface area (Å²) in [6, 6.07) is 13.8. The van der Waals surface area contributed by atoms with Gasteiger partial charge in [-0.15, -0.1) is 11.3 Å². The summed E-state index contributed by atoms with van der Waals surface area (Å²) in [7, 11) is -2.55. The highest BCUT2D eigenvalue weighted by molar-refractivity contribution is 7.89. The second-order valence-electron chi connectivity index (χ2n) is 12.7. The SMILES string of the molecule is COc1cccc(S(=O)(=O)N(CC(C)C)C[C@@H](O)[C@H](Cc2ccccc2)NC(=O)[C@H](C(C)C)N2CCN(Cc3csc(C)n3)C2=O)c1. The van der Waals surface area contributed by atoms with Gasteiger partial charge in [-0.05, 0) is 42.9 Å². The molecule has 0 spiro atoms. The molecule has 0 bridgehead atoms. The van der Waals surface area contributed by atoms with Crippen LogP contribution >= 0.6 is 11.3 Å². The van der Waals surface area contributed by atoms with Gasteiger partial charge in [-0.2, -0.15) is 4.31 Å². The summed E-state index contributed by atoms with van der Waals surface area (Å²) in [5, 5.41) is 17.6. The molecule has 4 rings (SSSR count). The molecule has 0 radical (unpaired) electrons.